The number of nitrogens with one attached hydrogen (secondary N) is 1. The Hall–Kier alpha value is -1.10. The molecule has 0 spiro atoms. The summed E-state index contributed by atoms with van der Waals surface area (Å²) in [6, 6.07) is -1.09. The molecule has 1 saturated heterocycles. The first-order valence-corrected chi connectivity index (χ1v) is 4.70. The normalized spacial score (nSPS) is 27.9. The largest absolute Gasteiger partial charge is 0.458 e. The van der Waals surface area contributed by atoms with Crippen molar-refractivity contribution in [2.75, 3.05) is 0 Å². The maximum atomic E-state index is 11.4. The van der Waals surface area contributed by atoms with E-state index in [0.717, 1.165) is 0 Å². The van der Waals surface area contributed by atoms with Crippen LogP contribution in [0.15, 0.2) is 0 Å². The van der Waals surface area contributed by atoms with E-state index in [4.69, 9.17) is 10.5 Å². The summed E-state index contributed by atoms with van der Waals surface area (Å²) < 4.78 is 4.70. The van der Waals surface area contributed by atoms with Crippen LogP contribution in [0.4, 0.5) is 0 Å². The molecule has 3 N–H and O–H groups in total. The standard InChI is InChI=1S/C9H16N2O3/c1-4(2)6(10)8(12)11-7-5(3)14-9(7)13/h4-7H,10H2,1-3H3,(H,11,12)/t5-,6?,7+/m1/s1. The molecule has 0 aliphatic carbocycles. The van der Waals surface area contributed by atoms with Crippen LogP contribution in [0.5, 0.6) is 0 Å². The first kappa shape index (κ1) is 11.0. The Morgan fingerprint density at radius 2 is 2.14 bits per heavy atom. The molecule has 80 valence electrons. The molecule has 1 aliphatic heterocycles. The number of cyclic esters (lactones) is 1. The minimum Gasteiger partial charge on any atom is -0.458 e. The lowest BCUT2D eigenvalue weighted by atomic mass is 10.0. The highest BCUT2D eigenvalue weighted by molar-refractivity contribution is 5.90. The Balaban J connectivity index is 2.44. The number of ether oxygens (including phenoxy) is 1. The van der Waals surface area contributed by atoms with E-state index >= 15 is 0 Å². The second-order valence-corrected chi connectivity index (χ2v) is 3.90. The minimum atomic E-state index is -0.574. The number of esters is 1. The molecule has 0 aromatic rings. The molecular formula is C9H16N2O3. The predicted molar refractivity (Wildman–Crippen MR) is 50.3 cm³/mol. The van der Waals surface area contributed by atoms with Crippen LogP contribution < -0.4 is 11.1 Å². The van der Waals surface area contributed by atoms with Crippen LogP contribution in [0.1, 0.15) is 20.8 Å². The van der Waals surface area contributed by atoms with Gasteiger partial charge in [-0.3, -0.25) is 4.79 Å². The molecule has 5 heteroatoms. The van der Waals surface area contributed by atoms with Gasteiger partial charge >= 0.3 is 5.97 Å². The van der Waals surface area contributed by atoms with Crippen molar-refractivity contribution in [3.8, 4) is 0 Å². The van der Waals surface area contributed by atoms with Crippen molar-refractivity contribution in [3.63, 3.8) is 0 Å². The zero-order chi connectivity index (χ0) is 10.9. The molecule has 5 nitrogen and oxygen atoms in total. The third-order valence-corrected chi connectivity index (χ3v) is 2.34. The fourth-order valence-corrected chi connectivity index (χ4v) is 1.17. The average molecular weight is 200 g/mol. The number of rotatable bonds is 3. The molecule has 3 atom stereocenters. The molecule has 1 heterocycles. The van der Waals surface area contributed by atoms with Gasteiger partial charge in [0, 0.05) is 0 Å². The zero-order valence-electron chi connectivity index (χ0n) is 8.61. The van der Waals surface area contributed by atoms with Gasteiger partial charge in [-0.25, -0.2) is 4.79 Å². The van der Waals surface area contributed by atoms with E-state index in [2.05, 4.69) is 5.32 Å². The number of carbonyl (C=O) groups is 2. The lowest BCUT2D eigenvalue weighted by molar-refractivity contribution is -0.176. The maximum absolute atomic E-state index is 11.4. The van der Waals surface area contributed by atoms with Crippen molar-refractivity contribution in [2.24, 2.45) is 11.7 Å². The number of carbonyl (C=O) groups excluding carboxylic acids is 2. The van der Waals surface area contributed by atoms with Crippen LogP contribution in [0.25, 0.3) is 0 Å². The SMILES string of the molecule is CC(C)C(N)C(=O)N[C@@H]1C(=O)O[C@@H]1C. The molecule has 14 heavy (non-hydrogen) atoms. The lowest BCUT2D eigenvalue weighted by Gasteiger charge is -2.33. The van der Waals surface area contributed by atoms with Crippen molar-refractivity contribution >= 4 is 11.9 Å². The zero-order valence-corrected chi connectivity index (χ0v) is 8.61. The molecular weight excluding hydrogens is 184 g/mol. The Kier molecular flexibility index (Phi) is 3.10. The van der Waals surface area contributed by atoms with Gasteiger partial charge in [-0.2, -0.15) is 0 Å². The topological polar surface area (TPSA) is 81.4 Å². The fraction of sp³-hybridized carbons (Fsp3) is 0.778. The van der Waals surface area contributed by atoms with Crippen LogP contribution in [0.2, 0.25) is 0 Å². The summed E-state index contributed by atoms with van der Waals surface area (Å²) in [7, 11) is 0. The highest BCUT2D eigenvalue weighted by Crippen LogP contribution is 2.13. The molecule has 0 radical (unpaired) electrons. The smallest absolute Gasteiger partial charge is 0.332 e. The summed E-state index contributed by atoms with van der Waals surface area (Å²) in [5.74, 6) is -0.628. The predicted octanol–water partition coefficient (Wildman–Crippen LogP) is -0.600. The van der Waals surface area contributed by atoms with Gasteiger partial charge in [0.1, 0.15) is 6.10 Å². The Labute approximate surface area is 83.0 Å². The minimum absolute atomic E-state index is 0.0569. The quantitative estimate of drug-likeness (QED) is 0.596. The molecule has 1 rings (SSSR count). The van der Waals surface area contributed by atoms with E-state index in [1.54, 1.807) is 6.92 Å². The highest BCUT2D eigenvalue weighted by atomic mass is 16.6. The summed E-state index contributed by atoms with van der Waals surface area (Å²) in [6.07, 6.45) is -0.245. The van der Waals surface area contributed by atoms with Crippen molar-refractivity contribution in [1.29, 1.82) is 0 Å². The number of hydrogen-bond donors (Lipinski definition) is 2. The molecule has 0 aromatic heterocycles. The maximum Gasteiger partial charge on any atom is 0.332 e. The number of amides is 1. The van der Waals surface area contributed by atoms with Crippen LogP contribution in [0, 0.1) is 5.92 Å². The van der Waals surface area contributed by atoms with Gasteiger partial charge in [-0.1, -0.05) is 13.8 Å². The molecule has 0 saturated carbocycles. The lowest BCUT2D eigenvalue weighted by Crippen LogP contribution is -2.61. The Morgan fingerprint density at radius 1 is 1.57 bits per heavy atom. The highest BCUT2D eigenvalue weighted by Gasteiger charge is 2.40. The Bertz CT molecular complexity index is 252. The van der Waals surface area contributed by atoms with Gasteiger partial charge < -0.3 is 15.8 Å². The van der Waals surface area contributed by atoms with Crippen LogP contribution in [-0.4, -0.2) is 30.1 Å². The van der Waals surface area contributed by atoms with E-state index in [9.17, 15) is 9.59 Å². The van der Waals surface area contributed by atoms with Crippen LogP contribution in [0.3, 0.4) is 0 Å². The second-order valence-electron chi connectivity index (χ2n) is 3.90. The summed E-state index contributed by atoms with van der Waals surface area (Å²) in [4.78, 5) is 22.3. The molecule has 1 fully saturated rings. The average Bonchev–Trinajstić information content (AvgIpc) is 2.12. The number of nitrogens with two attached hydrogens (primary N) is 1. The first-order chi connectivity index (χ1) is 6.43. The second kappa shape index (κ2) is 3.96. The summed E-state index contributed by atoms with van der Waals surface area (Å²) in [5.41, 5.74) is 5.61. The van der Waals surface area contributed by atoms with E-state index in [1.165, 1.54) is 0 Å². The first-order valence-electron chi connectivity index (χ1n) is 4.70. The van der Waals surface area contributed by atoms with Gasteiger partial charge in [0.15, 0.2) is 6.04 Å². The van der Waals surface area contributed by atoms with Crippen LogP contribution >= 0.6 is 0 Å². The summed E-state index contributed by atoms with van der Waals surface area (Å²) >= 11 is 0. The molecule has 1 unspecified atom stereocenters. The summed E-state index contributed by atoms with van der Waals surface area (Å²) in [5, 5.41) is 2.56. The molecule has 0 bridgehead atoms. The van der Waals surface area contributed by atoms with Crippen molar-refractivity contribution in [2.45, 2.75) is 39.0 Å². The third kappa shape index (κ3) is 2.04. The van der Waals surface area contributed by atoms with Crippen LogP contribution in [-0.2, 0) is 14.3 Å². The van der Waals surface area contributed by atoms with Gasteiger partial charge in [-0.15, -0.1) is 0 Å². The Morgan fingerprint density at radius 3 is 2.50 bits per heavy atom. The summed E-state index contributed by atoms with van der Waals surface area (Å²) in [6.45, 7) is 5.44. The molecule has 1 amide bonds. The van der Waals surface area contributed by atoms with Gasteiger partial charge in [0.25, 0.3) is 0 Å². The van der Waals surface area contributed by atoms with E-state index < -0.39 is 12.1 Å². The molecule has 0 aromatic carbocycles. The van der Waals surface area contributed by atoms with Crippen molar-refractivity contribution in [1.82, 2.24) is 5.32 Å². The van der Waals surface area contributed by atoms with E-state index in [1.807, 2.05) is 13.8 Å². The van der Waals surface area contributed by atoms with Gasteiger partial charge in [0.2, 0.25) is 5.91 Å². The van der Waals surface area contributed by atoms with E-state index in [-0.39, 0.29) is 23.9 Å². The van der Waals surface area contributed by atoms with Gasteiger partial charge in [-0.05, 0) is 12.8 Å². The van der Waals surface area contributed by atoms with Gasteiger partial charge in [0.05, 0.1) is 6.04 Å². The molecule has 1 aliphatic rings. The number of hydrogen-bond acceptors (Lipinski definition) is 4. The fourth-order valence-electron chi connectivity index (χ4n) is 1.17. The monoisotopic (exact) mass is 200 g/mol. The third-order valence-electron chi connectivity index (χ3n) is 2.34. The van der Waals surface area contributed by atoms with Crippen molar-refractivity contribution in [3.05, 3.63) is 0 Å². The van der Waals surface area contributed by atoms with E-state index in [0.29, 0.717) is 0 Å². The van der Waals surface area contributed by atoms with Crippen molar-refractivity contribution < 1.29 is 14.3 Å².